The molecule has 8 N–H and O–H groups in total. The van der Waals surface area contributed by atoms with E-state index in [1.807, 2.05) is 107 Å². The molecule has 6 aliphatic rings. The molecule has 34 heteroatoms. The number of carbonyl (C=O) groups is 5. The Morgan fingerprint density at radius 3 is 1.41 bits per heavy atom. The topological polar surface area (TPSA) is 354 Å². The zero-order valence-corrected chi connectivity index (χ0v) is 77.9. The van der Waals surface area contributed by atoms with Crippen LogP contribution < -0.4 is 49.0 Å². The number of halogens is 7. The van der Waals surface area contributed by atoms with Gasteiger partial charge in [0.2, 0.25) is 0 Å². The van der Waals surface area contributed by atoms with Gasteiger partial charge in [0.1, 0.15) is 30.0 Å². The molecule has 5 aliphatic carbocycles. The smallest absolute Gasteiger partial charge is 0.408 e. The van der Waals surface area contributed by atoms with Crippen molar-refractivity contribution in [2.24, 2.45) is 5.73 Å². The first-order valence-corrected chi connectivity index (χ1v) is 45.7. The van der Waals surface area contributed by atoms with Crippen molar-refractivity contribution in [1.82, 2.24) is 69.1 Å². The number of ether oxygens (including phenoxy) is 2. The number of nitrogens with one attached hydrogen (secondary N) is 6. The van der Waals surface area contributed by atoms with Gasteiger partial charge in [-0.05, 0) is 245 Å². The molecular weight excluding hydrogens is 1840 g/mol. The van der Waals surface area contributed by atoms with Crippen molar-refractivity contribution in [3.63, 3.8) is 0 Å². The number of aryl methyl sites for hydroxylation is 2. The second-order valence-electron chi connectivity index (χ2n) is 34.2. The lowest BCUT2D eigenvalue weighted by molar-refractivity contribution is -0.120. The van der Waals surface area contributed by atoms with Crippen molar-refractivity contribution in [2.45, 2.75) is 248 Å². The molecule has 7 aromatic heterocycles. The Kier molecular flexibility index (Phi) is 35.6. The number of alkyl carbamates (subject to hydrolysis) is 1. The third kappa shape index (κ3) is 25.4. The SMILES string of the molecule is C.C.C.C.CC(NC(=O)OC(C)(C)C)C(=O)Cc1cccc(Cl)c1C(=O)NC1CC1.C[C@H](N)c1cc2cccc(Cl)c2c(=O)n1C1CC1.C[C@H](Nc1ncnc2c1ncn2C1CCCCO1)c1cc2cccc(Cl)c2c(=O)n1C1CC1.C[C@H](Nc1ncnc2nc[nH]c12)c1cc2cccc(Cl)c2c(=O)n1C1CC1.Cc1cccc(Cl)c1C(=O)Cl.Cc1cccc(Cl)c1C(=O)NC1CC1. The minimum atomic E-state index is -0.747. The van der Waals surface area contributed by atoms with Gasteiger partial charge >= 0.3 is 6.09 Å². The molecule has 0 spiro atoms. The number of rotatable bonds is 20. The number of hydrogen-bond acceptors (Lipinski definition) is 19. The molecule has 6 fully saturated rings. The zero-order valence-electron chi connectivity index (χ0n) is 72.6. The number of pyridine rings is 3. The number of Topliss-reactive ketones (excluding diaryl/α,β-unsaturated/α-hetero) is 1. The van der Waals surface area contributed by atoms with Crippen LogP contribution in [0.25, 0.3) is 54.6 Å². The summed E-state index contributed by atoms with van der Waals surface area (Å²) in [5.74, 6) is 0.747. The van der Waals surface area contributed by atoms with Crippen molar-refractivity contribution in [3.8, 4) is 0 Å². The number of carbonyl (C=O) groups excluding carboxylic acids is 5. The molecule has 2 unspecified atom stereocenters. The normalized spacial score (nSPS) is 15.7. The molecule has 0 bridgehead atoms. The van der Waals surface area contributed by atoms with Crippen LogP contribution in [0.4, 0.5) is 16.4 Å². The average molecular weight is 1950 g/mol. The van der Waals surface area contributed by atoms with Crippen LogP contribution in [0, 0.1) is 13.8 Å². The van der Waals surface area contributed by atoms with Crippen LogP contribution in [0.15, 0.2) is 167 Å². The van der Waals surface area contributed by atoms with E-state index in [0.717, 1.165) is 146 Å². The first kappa shape index (κ1) is 104. The predicted molar refractivity (Wildman–Crippen MR) is 536 cm³/mol. The van der Waals surface area contributed by atoms with Gasteiger partial charge in [0, 0.05) is 66.4 Å². The number of amides is 3. The first-order chi connectivity index (χ1) is 61.7. The molecule has 5 atom stereocenters. The summed E-state index contributed by atoms with van der Waals surface area (Å²) in [6.45, 7) is 17.2. The fourth-order valence-electron chi connectivity index (χ4n) is 15.4. The van der Waals surface area contributed by atoms with Crippen LogP contribution in [-0.4, -0.2) is 112 Å². The molecule has 13 aromatic rings. The van der Waals surface area contributed by atoms with Crippen molar-refractivity contribution < 1.29 is 33.4 Å². The van der Waals surface area contributed by atoms with Gasteiger partial charge in [0.25, 0.3) is 33.7 Å². The molecule has 0 radical (unpaired) electrons. The Balaban J connectivity index is 0.000000170. The molecular formula is C99H116Cl7N17O10. The highest BCUT2D eigenvalue weighted by molar-refractivity contribution is 6.69. The number of fused-ring (bicyclic) bond motifs is 5. The van der Waals surface area contributed by atoms with E-state index in [4.69, 9.17) is 96.4 Å². The summed E-state index contributed by atoms with van der Waals surface area (Å²) < 4.78 is 18.7. The third-order valence-corrected chi connectivity index (χ3v) is 24.7. The lowest BCUT2D eigenvalue weighted by Crippen LogP contribution is -2.42. The molecule has 6 aromatic carbocycles. The monoisotopic (exact) mass is 1950 g/mol. The number of nitrogens with two attached hydrogens (primary N) is 1. The summed E-state index contributed by atoms with van der Waals surface area (Å²) in [5.41, 5.74) is 14.4. The molecule has 19 rings (SSSR count). The maximum absolute atomic E-state index is 13.4. The summed E-state index contributed by atoms with van der Waals surface area (Å²) in [6, 6.07) is 38.6. The van der Waals surface area contributed by atoms with E-state index >= 15 is 0 Å². The number of anilines is 2. The highest BCUT2D eigenvalue weighted by Crippen LogP contribution is 2.42. The molecule has 706 valence electrons. The van der Waals surface area contributed by atoms with Gasteiger partial charge in [-0.2, -0.15) is 0 Å². The summed E-state index contributed by atoms with van der Waals surface area (Å²) in [4.78, 5) is 128. The number of benzene rings is 6. The fourth-order valence-corrected chi connectivity index (χ4v) is 17.4. The average Bonchev–Trinajstić information content (AvgIpc) is 0.845. The van der Waals surface area contributed by atoms with E-state index in [2.05, 4.69) is 67.5 Å². The van der Waals surface area contributed by atoms with Crippen molar-refractivity contribution in [3.05, 3.63) is 264 Å². The van der Waals surface area contributed by atoms with Gasteiger partial charge in [-0.25, -0.2) is 34.7 Å². The summed E-state index contributed by atoms with van der Waals surface area (Å²) in [7, 11) is 0. The van der Waals surface area contributed by atoms with Crippen LogP contribution in [0.2, 0.25) is 30.1 Å². The van der Waals surface area contributed by atoms with E-state index in [1.165, 1.54) is 6.33 Å². The predicted octanol–water partition coefficient (Wildman–Crippen LogP) is 23.2. The number of aromatic amines is 1. The maximum Gasteiger partial charge on any atom is 0.408 e. The molecule has 1 aliphatic heterocycles. The Morgan fingerprint density at radius 1 is 0.526 bits per heavy atom. The Labute approximate surface area is 808 Å². The van der Waals surface area contributed by atoms with Gasteiger partial charge < -0.3 is 60.5 Å². The van der Waals surface area contributed by atoms with Gasteiger partial charge in [-0.1, -0.05) is 172 Å². The van der Waals surface area contributed by atoms with Gasteiger partial charge in [-0.15, -0.1) is 0 Å². The summed E-state index contributed by atoms with van der Waals surface area (Å²) >= 11 is 42.0. The second kappa shape index (κ2) is 45.5. The summed E-state index contributed by atoms with van der Waals surface area (Å²) in [5, 5.41) is 21.8. The minimum Gasteiger partial charge on any atom is -0.444 e. The number of imidazole rings is 2. The van der Waals surface area contributed by atoms with E-state index in [-0.39, 0.29) is 113 Å². The lowest BCUT2D eigenvalue weighted by atomic mass is 9.99. The first-order valence-electron chi connectivity index (χ1n) is 43.1. The zero-order chi connectivity index (χ0) is 92.0. The largest absolute Gasteiger partial charge is 0.444 e. The van der Waals surface area contributed by atoms with Gasteiger partial charge in [-0.3, -0.25) is 38.1 Å². The minimum absolute atomic E-state index is 0. The maximum atomic E-state index is 13.4. The van der Waals surface area contributed by atoms with Crippen LogP contribution in [-0.2, 0) is 20.7 Å². The van der Waals surface area contributed by atoms with E-state index in [9.17, 15) is 38.4 Å². The molecule has 8 heterocycles. The number of H-pyrrole nitrogens is 1. The van der Waals surface area contributed by atoms with E-state index in [1.54, 1.807) is 114 Å². The molecule has 5 saturated carbocycles. The Bertz CT molecular complexity index is 6560. The third-order valence-electron chi connectivity index (χ3n) is 22.6. The molecule has 27 nitrogen and oxygen atoms in total. The molecule has 1 saturated heterocycles. The van der Waals surface area contributed by atoms with Crippen LogP contribution in [0.1, 0.15) is 269 Å². The fraction of sp³-hybridized carbons (Fsp3) is 0.394. The van der Waals surface area contributed by atoms with Gasteiger partial charge in [0.05, 0.1) is 93.8 Å². The number of nitrogens with zero attached hydrogens (tertiary/aromatic N) is 10. The van der Waals surface area contributed by atoms with Gasteiger partial charge in [0.15, 0.2) is 34.2 Å². The van der Waals surface area contributed by atoms with E-state index < -0.39 is 23.0 Å². The standard InChI is InChI=1S/C24H25ClN6O2.C19H17ClN6O.C19H25ClN2O4.C14H15ClN2O.C11H12ClNO.C8H6Cl2O.4CH4/c1-14(18-11-15-5-4-6-17(25)20(15)24(32)31(18)16-8-9-16)29-22-21-23(27-12-26-22)30(13-28-21)19-7-2-3-10-33-19;1-10(25-18-16-17(22-8-21-16)23-9-24-18)14-7-11-3-2-4-13(20)15(11)19(27)26(14)12-5-6-12;1-11(21-18(25)26-19(2,3)4)15(23)10-12-6-5-7-14(20)16(12)17(24)22-13-8-9-13;1-8(16)12-7-9-3-2-4-11(15)13(9)14(18)17(12)10-5-6-10;1-7-3-2-4-9(12)10(7)11(14)13-8-5-6-8;1-5-3-2-4-6(9)7(5)8(10)11;;;;/h4-6,11-14,16,19H,2-3,7-10H2,1H3,(H,26,27,29);2-4,7-10,12H,5-6H2,1H3,(H2,21,22,23,24,25);5-7,11,13H,8-10H2,1-4H3,(H,21,25)(H,22,24);2-4,7-8,10H,5-6,16H2,1H3;2-4,8H,5-6H2,1H3,(H,13,14);2-4H,1H3;4*1H4/t14-,19?;10-;;8-;;;;;;/m00.0....../s1. The van der Waals surface area contributed by atoms with Crippen molar-refractivity contribution in [2.75, 3.05) is 17.2 Å². The summed E-state index contributed by atoms with van der Waals surface area (Å²) in [6.07, 6.45) is 19.1. The number of ketones is 1. The Hall–Kier alpha value is -10.9. The quantitative estimate of drug-likeness (QED) is 0.0349. The van der Waals surface area contributed by atoms with Crippen molar-refractivity contribution >= 4 is 176 Å². The molecule has 3 amide bonds. The number of aromatic nitrogens is 11. The highest BCUT2D eigenvalue weighted by Gasteiger charge is 2.35. The lowest BCUT2D eigenvalue weighted by Gasteiger charge is -2.24. The van der Waals surface area contributed by atoms with Crippen LogP contribution in [0.3, 0.4) is 0 Å². The highest BCUT2D eigenvalue weighted by atomic mass is 35.5. The second-order valence-corrected chi connectivity index (χ2v) is 37.0. The van der Waals surface area contributed by atoms with E-state index in [0.29, 0.717) is 103 Å². The molecule has 133 heavy (non-hydrogen) atoms. The Morgan fingerprint density at radius 2 is 0.962 bits per heavy atom. The van der Waals surface area contributed by atoms with Crippen molar-refractivity contribution in [1.29, 1.82) is 0 Å². The van der Waals surface area contributed by atoms with Crippen LogP contribution in [0.5, 0.6) is 0 Å². The van der Waals surface area contributed by atoms with Crippen LogP contribution >= 0.6 is 81.2 Å². The number of hydrogen-bond donors (Lipinski definition) is 7.